The fourth-order valence-electron chi connectivity index (χ4n) is 2.70. The van der Waals surface area contributed by atoms with Gasteiger partial charge < -0.3 is 10.2 Å². The summed E-state index contributed by atoms with van der Waals surface area (Å²) in [6, 6.07) is 12.2. The van der Waals surface area contributed by atoms with Crippen LogP contribution in [0.25, 0.3) is 0 Å². The average Bonchev–Trinajstić information content (AvgIpc) is 2.54. The van der Waals surface area contributed by atoms with Crippen LogP contribution >= 0.6 is 0 Å². The van der Waals surface area contributed by atoms with Crippen LogP contribution in [0.4, 0.5) is 23.7 Å². The first kappa shape index (κ1) is 15.4. The second kappa shape index (κ2) is 5.95. The van der Waals surface area contributed by atoms with E-state index in [1.54, 1.807) is 0 Å². The molecule has 0 radical (unpaired) electrons. The molecule has 1 heterocycles. The van der Waals surface area contributed by atoms with Gasteiger partial charge in [0.25, 0.3) is 0 Å². The van der Waals surface area contributed by atoms with Crippen LogP contribution in [-0.2, 0) is 19.1 Å². The lowest BCUT2D eigenvalue weighted by atomic mass is 10.0. The molecule has 0 bridgehead atoms. The summed E-state index contributed by atoms with van der Waals surface area (Å²) in [5.41, 5.74) is 1.14. The van der Waals surface area contributed by atoms with Gasteiger partial charge in [0.1, 0.15) is 0 Å². The maximum absolute atomic E-state index is 13.0. The molecule has 0 atom stereocenters. The molecule has 6 heteroatoms. The van der Waals surface area contributed by atoms with Crippen molar-refractivity contribution in [2.24, 2.45) is 0 Å². The topological polar surface area (TPSA) is 32.3 Å². The van der Waals surface area contributed by atoms with E-state index in [0.717, 1.165) is 11.6 Å². The second-order valence-corrected chi connectivity index (χ2v) is 5.41. The summed E-state index contributed by atoms with van der Waals surface area (Å²) in [5, 5.41) is 2.38. The Bertz CT molecular complexity index is 728. The zero-order chi connectivity index (χ0) is 16.4. The Morgan fingerprint density at radius 2 is 1.65 bits per heavy atom. The highest BCUT2D eigenvalue weighted by atomic mass is 19.4. The van der Waals surface area contributed by atoms with Crippen LogP contribution in [-0.4, -0.2) is 17.5 Å². The number of nitrogens with zero attached hydrogens (tertiary/aromatic N) is 1. The number of hydrogen-bond donors (Lipinski definition) is 1. The van der Waals surface area contributed by atoms with Gasteiger partial charge in [-0.15, -0.1) is 0 Å². The van der Waals surface area contributed by atoms with E-state index in [1.807, 2.05) is 24.3 Å². The van der Waals surface area contributed by atoms with Crippen LogP contribution < -0.4 is 5.32 Å². The van der Waals surface area contributed by atoms with E-state index in [-0.39, 0.29) is 5.69 Å². The number of amides is 2. The van der Waals surface area contributed by atoms with Gasteiger partial charge in [-0.25, -0.2) is 4.79 Å². The number of fused-ring (bicyclic) bond motifs is 1. The Labute approximate surface area is 131 Å². The normalized spacial score (nSPS) is 14.3. The van der Waals surface area contributed by atoms with Gasteiger partial charge in [0, 0.05) is 13.1 Å². The maximum Gasteiger partial charge on any atom is 0.418 e. The molecule has 0 spiro atoms. The molecule has 0 aliphatic carbocycles. The Kier molecular flexibility index (Phi) is 3.98. The summed E-state index contributed by atoms with van der Waals surface area (Å²) < 4.78 is 38.9. The molecule has 1 aliphatic rings. The smallest absolute Gasteiger partial charge is 0.320 e. The third-order valence-electron chi connectivity index (χ3n) is 3.89. The van der Waals surface area contributed by atoms with Crippen molar-refractivity contribution in [2.45, 2.75) is 19.1 Å². The van der Waals surface area contributed by atoms with E-state index in [4.69, 9.17) is 0 Å². The molecule has 2 aromatic rings. The minimum absolute atomic E-state index is 0.219. The molecule has 3 nitrogen and oxygen atoms in total. The van der Waals surface area contributed by atoms with Crippen molar-refractivity contribution in [3.05, 3.63) is 65.2 Å². The first-order chi connectivity index (χ1) is 10.9. The number of para-hydroxylation sites is 1. The minimum atomic E-state index is -4.50. The number of hydrogen-bond acceptors (Lipinski definition) is 1. The third-order valence-corrected chi connectivity index (χ3v) is 3.89. The zero-order valence-corrected chi connectivity index (χ0v) is 12.2. The van der Waals surface area contributed by atoms with Crippen LogP contribution in [0.2, 0.25) is 0 Å². The Morgan fingerprint density at radius 1 is 1.00 bits per heavy atom. The average molecular weight is 320 g/mol. The Morgan fingerprint density at radius 3 is 2.39 bits per heavy atom. The third kappa shape index (κ3) is 3.31. The largest absolute Gasteiger partial charge is 0.418 e. The highest BCUT2D eigenvalue weighted by Crippen LogP contribution is 2.34. The molecule has 23 heavy (non-hydrogen) atoms. The summed E-state index contributed by atoms with van der Waals surface area (Å²) in [6.45, 7) is 0.882. The second-order valence-electron chi connectivity index (χ2n) is 5.41. The van der Waals surface area contributed by atoms with E-state index < -0.39 is 17.8 Å². The molecular formula is C17H15F3N2O. The molecule has 1 aliphatic heterocycles. The summed E-state index contributed by atoms with van der Waals surface area (Å²) in [6.07, 6.45) is -3.80. The predicted molar refractivity (Wildman–Crippen MR) is 81.0 cm³/mol. The summed E-state index contributed by atoms with van der Waals surface area (Å²) in [5.74, 6) is 0. The summed E-state index contributed by atoms with van der Waals surface area (Å²) >= 11 is 0. The molecular weight excluding hydrogens is 305 g/mol. The van der Waals surface area contributed by atoms with Gasteiger partial charge in [-0.2, -0.15) is 13.2 Å². The van der Waals surface area contributed by atoms with E-state index in [2.05, 4.69) is 5.32 Å². The SMILES string of the molecule is O=C(Nc1ccccc1C(F)(F)F)N1CCc2ccccc2C1. The number of carbonyl (C=O) groups is 1. The summed E-state index contributed by atoms with van der Waals surface area (Å²) in [4.78, 5) is 13.8. The van der Waals surface area contributed by atoms with E-state index in [9.17, 15) is 18.0 Å². The van der Waals surface area contributed by atoms with E-state index >= 15 is 0 Å². The summed E-state index contributed by atoms with van der Waals surface area (Å²) in [7, 11) is 0. The molecule has 1 N–H and O–H groups in total. The molecule has 0 aromatic heterocycles. The minimum Gasteiger partial charge on any atom is -0.320 e. The highest BCUT2D eigenvalue weighted by Gasteiger charge is 2.34. The number of rotatable bonds is 1. The van der Waals surface area contributed by atoms with Gasteiger partial charge >= 0.3 is 12.2 Å². The number of anilines is 1. The lowest BCUT2D eigenvalue weighted by Crippen LogP contribution is -2.39. The maximum atomic E-state index is 13.0. The molecule has 2 amide bonds. The van der Waals surface area contributed by atoms with Gasteiger partial charge in [0.2, 0.25) is 0 Å². The highest BCUT2D eigenvalue weighted by molar-refractivity contribution is 5.90. The molecule has 0 unspecified atom stereocenters. The molecule has 0 saturated carbocycles. The lowest BCUT2D eigenvalue weighted by Gasteiger charge is -2.29. The standard InChI is InChI=1S/C17H15F3N2O/c18-17(19,20)14-7-3-4-8-15(14)21-16(23)22-10-9-12-5-1-2-6-13(12)11-22/h1-8H,9-11H2,(H,21,23). The number of alkyl halides is 3. The number of urea groups is 1. The lowest BCUT2D eigenvalue weighted by molar-refractivity contribution is -0.136. The van der Waals surface area contributed by atoms with Crippen molar-refractivity contribution in [2.75, 3.05) is 11.9 Å². The first-order valence-electron chi connectivity index (χ1n) is 7.24. The molecule has 0 saturated heterocycles. The van der Waals surface area contributed by atoms with Gasteiger partial charge in [0.05, 0.1) is 11.3 Å². The predicted octanol–water partition coefficient (Wildman–Crippen LogP) is 4.30. The van der Waals surface area contributed by atoms with Crippen molar-refractivity contribution in [3.63, 3.8) is 0 Å². The first-order valence-corrected chi connectivity index (χ1v) is 7.24. The van der Waals surface area contributed by atoms with Crippen molar-refractivity contribution >= 4 is 11.7 Å². The number of benzene rings is 2. The van der Waals surface area contributed by atoms with Crippen LogP contribution in [0, 0.1) is 0 Å². The molecule has 120 valence electrons. The Balaban J connectivity index is 1.76. The number of nitrogens with one attached hydrogen (secondary N) is 1. The van der Waals surface area contributed by atoms with E-state index in [0.29, 0.717) is 19.5 Å². The molecule has 3 rings (SSSR count). The molecule has 2 aromatic carbocycles. The van der Waals surface area contributed by atoms with Gasteiger partial charge in [-0.1, -0.05) is 36.4 Å². The molecule has 0 fully saturated rings. The monoisotopic (exact) mass is 320 g/mol. The van der Waals surface area contributed by atoms with Crippen molar-refractivity contribution in [3.8, 4) is 0 Å². The van der Waals surface area contributed by atoms with Crippen LogP contribution in [0.3, 0.4) is 0 Å². The van der Waals surface area contributed by atoms with Gasteiger partial charge in [-0.3, -0.25) is 0 Å². The van der Waals surface area contributed by atoms with Crippen LogP contribution in [0.15, 0.2) is 48.5 Å². The quantitative estimate of drug-likeness (QED) is 0.835. The van der Waals surface area contributed by atoms with Crippen molar-refractivity contribution in [1.82, 2.24) is 4.90 Å². The van der Waals surface area contributed by atoms with Gasteiger partial charge in [0.15, 0.2) is 0 Å². The fourth-order valence-corrected chi connectivity index (χ4v) is 2.70. The van der Waals surface area contributed by atoms with Crippen molar-refractivity contribution < 1.29 is 18.0 Å². The van der Waals surface area contributed by atoms with Gasteiger partial charge in [-0.05, 0) is 29.7 Å². The Hall–Kier alpha value is -2.50. The number of carbonyl (C=O) groups excluding carboxylic acids is 1. The zero-order valence-electron chi connectivity index (χ0n) is 12.2. The fraction of sp³-hybridized carbons (Fsp3) is 0.235. The number of halogens is 3. The van der Waals surface area contributed by atoms with E-state index in [1.165, 1.54) is 28.7 Å². The van der Waals surface area contributed by atoms with Crippen LogP contribution in [0.5, 0.6) is 0 Å². The van der Waals surface area contributed by atoms with Crippen LogP contribution in [0.1, 0.15) is 16.7 Å². The van der Waals surface area contributed by atoms with Crippen molar-refractivity contribution in [1.29, 1.82) is 0 Å².